The molecule has 1 aromatic carbocycles. The van der Waals surface area contributed by atoms with E-state index in [1.807, 2.05) is 18.0 Å². The molecular formula is C17H24N2O. The number of amides is 1. The molecular weight excluding hydrogens is 248 g/mol. The first-order valence-corrected chi connectivity index (χ1v) is 7.74. The molecule has 3 rings (SSSR count). The maximum Gasteiger partial charge on any atom is 0.226 e. The van der Waals surface area contributed by atoms with E-state index in [1.54, 1.807) is 0 Å². The summed E-state index contributed by atoms with van der Waals surface area (Å²) in [6.45, 7) is 0. The number of carbonyl (C=O) groups excluding carboxylic acids is 1. The monoisotopic (exact) mass is 272 g/mol. The van der Waals surface area contributed by atoms with Crippen LogP contribution in [0.4, 0.5) is 0 Å². The van der Waals surface area contributed by atoms with Gasteiger partial charge in [-0.05, 0) is 43.6 Å². The SMILES string of the molecule is CN(C(=O)C1CC1c1ccccc1)C1CCC(N)CC1. The van der Waals surface area contributed by atoms with Crippen molar-refractivity contribution in [3.8, 4) is 0 Å². The molecule has 2 aliphatic rings. The highest BCUT2D eigenvalue weighted by Gasteiger charge is 2.46. The Morgan fingerprint density at radius 2 is 1.80 bits per heavy atom. The molecule has 2 saturated carbocycles. The second kappa shape index (κ2) is 5.57. The van der Waals surface area contributed by atoms with Crippen LogP contribution in [0.2, 0.25) is 0 Å². The topological polar surface area (TPSA) is 46.3 Å². The fourth-order valence-corrected chi connectivity index (χ4v) is 3.47. The third-order valence-corrected chi connectivity index (χ3v) is 4.97. The summed E-state index contributed by atoms with van der Waals surface area (Å²) in [6, 6.07) is 11.2. The molecule has 0 spiro atoms. The summed E-state index contributed by atoms with van der Waals surface area (Å²) >= 11 is 0. The van der Waals surface area contributed by atoms with Crippen molar-refractivity contribution in [2.45, 2.75) is 50.1 Å². The second-order valence-electron chi connectivity index (χ2n) is 6.38. The summed E-state index contributed by atoms with van der Waals surface area (Å²) in [6.07, 6.45) is 5.24. The zero-order valence-corrected chi connectivity index (χ0v) is 12.2. The minimum atomic E-state index is 0.206. The van der Waals surface area contributed by atoms with Crippen LogP contribution in [0.25, 0.3) is 0 Å². The summed E-state index contributed by atoms with van der Waals surface area (Å²) in [5.74, 6) is 0.981. The van der Waals surface area contributed by atoms with E-state index >= 15 is 0 Å². The maximum atomic E-state index is 12.6. The van der Waals surface area contributed by atoms with E-state index in [1.165, 1.54) is 5.56 Å². The van der Waals surface area contributed by atoms with Crippen LogP contribution >= 0.6 is 0 Å². The van der Waals surface area contributed by atoms with Crippen LogP contribution in [0.5, 0.6) is 0 Å². The van der Waals surface area contributed by atoms with Crippen LogP contribution in [-0.4, -0.2) is 29.9 Å². The maximum absolute atomic E-state index is 12.6. The minimum Gasteiger partial charge on any atom is -0.343 e. The number of carbonyl (C=O) groups is 1. The molecule has 2 aliphatic carbocycles. The van der Waals surface area contributed by atoms with Crippen LogP contribution < -0.4 is 5.73 Å². The summed E-state index contributed by atoms with van der Waals surface area (Å²) in [7, 11) is 1.98. The standard InChI is InChI=1S/C17H24N2O/c1-19(14-9-7-13(18)8-10-14)17(20)16-11-15(16)12-5-3-2-4-6-12/h2-6,13-16H,7-11,18H2,1H3. The first kappa shape index (κ1) is 13.6. The number of hydrogen-bond acceptors (Lipinski definition) is 2. The number of hydrogen-bond donors (Lipinski definition) is 1. The van der Waals surface area contributed by atoms with Gasteiger partial charge in [0.1, 0.15) is 0 Å². The van der Waals surface area contributed by atoms with Gasteiger partial charge in [0, 0.05) is 25.0 Å². The lowest BCUT2D eigenvalue weighted by Gasteiger charge is -2.33. The lowest BCUT2D eigenvalue weighted by atomic mass is 9.91. The van der Waals surface area contributed by atoms with Crippen molar-refractivity contribution in [1.29, 1.82) is 0 Å². The van der Waals surface area contributed by atoms with Crippen molar-refractivity contribution in [3.63, 3.8) is 0 Å². The molecule has 0 heterocycles. The van der Waals surface area contributed by atoms with E-state index < -0.39 is 0 Å². The Kier molecular flexibility index (Phi) is 3.79. The van der Waals surface area contributed by atoms with Gasteiger partial charge in [-0.2, -0.15) is 0 Å². The van der Waals surface area contributed by atoms with Gasteiger partial charge in [-0.15, -0.1) is 0 Å². The van der Waals surface area contributed by atoms with E-state index in [-0.39, 0.29) is 5.92 Å². The van der Waals surface area contributed by atoms with Crippen LogP contribution in [0.15, 0.2) is 30.3 Å². The molecule has 1 amide bonds. The van der Waals surface area contributed by atoms with Gasteiger partial charge in [0.05, 0.1) is 0 Å². The Morgan fingerprint density at radius 3 is 2.45 bits per heavy atom. The van der Waals surface area contributed by atoms with Crippen LogP contribution in [-0.2, 0) is 4.79 Å². The van der Waals surface area contributed by atoms with Crippen LogP contribution in [0.3, 0.4) is 0 Å². The molecule has 20 heavy (non-hydrogen) atoms. The van der Waals surface area contributed by atoms with Crippen LogP contribution in [0.1, 0.15) is 43.6 Å². The molecule has 2 fully saturated rings. The number of rotatable bonds is 3. The van der Waals surface area contributed by atoms with Crippen molar-refractivity contribution >= 4 is 5.91 Å². The first-order valence-electron chi connectivity index (χ1n) is 7.74. The molecule has 0 radical (unpaired) electrons. The molecule has 3 nitrogen and oxygen atoms in total. The summed E-state index contributed by atoms with van der Waals surface area (Å²) in [5.41, 5.74) is 7.25. The molecule has 108 valence electrons. The Bertz CT molecular complexity index is 465. The molecule has 0 aliphatic heterocycles. The van der Waals surface area contributed by atoms with Crippen LogP contribution in [0, 0.1) is 5.92 Å². The molecule has 0 aromatic heterocycles. The fourth-order valence-electron chi connectivity index (χ4n) is 3.47. The second-order valence-corrected chi connectivity index (χ2v) is 6.38. The number of benzene rings is 1. The van der Waals surface area contributed by atoms with E-state index in [0.29, 0.717) is 23.9 Å². The van der Waals surface area contributed by atoms with Gasteiger partial charge in [0.25, 0.3) is 0 Å². The van der Waals surface area contributed by atoms with Crippen molar-refractivity contribution in [1.82, 2.24) is 4.90 Å². The average molecular weight is 272 g/mol. The van der Waals surface area contributed by atoms with Gasteiger partial charge in [0.2, 0.25) is 5.91 Å². The Balaban J connectivity index is 1.58. The summed E-state index contributed by atoms with van der Waals surface area (Å²) in [4.78, 5) is 14.6. The fraction of sp³-hybridized carbons (Fsp3) is 0.588. The predicted molar refractivity (Wildman–Crippen MR) is 80.3 cm³/mol. The highest BCUT2D eigenvalue weighted by atomic mass is 16.2. The zero-order valence-electron chi connectivity index (χ0n) is 12.2. The average Bonchev–Trinajstić information content (AvgIpc) is 3.28. The van der Waals surface area contributed by atoms with Crippen molar-refractivity contribution in [2.75, 3.05) is 7.05 Å². The van der Waals surface area contributed by atoms with Crippen molar-refractivity contribution < 1.29 is 4.79 Å². The van der Waals surface area contributed by atoms with Gasteiger partial charge < -0.3 is 10.6 Å². The Morgan fingerprint density at radius 1 is 1.15 bits per heavy atom. The smallest absolute Gasteiger partial charge is 0.226 e. The normalized spacial score (nSPS) is 32.7. The van der Waals surface area contributed by atoms with Gasteiger partial charge in [0.15, 0.2) is 0 Å². The molecule has 0 saturated heterocycles. The number of nitrogens with zero attached hydrogens (tertiary/aromatic N) is 1. The molecule has 2 unspecified atom stereocenters. The molecule has 2 atom stereocenters. The third-order valence-electron chi connectivity index (χ3n) is 4.97. The van der Waals surface area contributed by atoms with Crippen molar-refractivity contribution in [3.05, 3.63) is 35.9 Å². The Labute approximate surface area is 121 Å². The molecule has 1 aromatic rings. The lowest BCUT2D eigenvalue weighted by Crippen LogP contribution is -2.42. The highest BCUT2D eigenvalue weighted by molar-refractivity contribution is 5.83. The van der Waals surface area contributed by atoms with E-state index in [9.17, 15) is 4.79 Å². The largest absolute Gasteiger partial charge is 0.343 e. The lowest BCUT2D eigenvalue weighted by molar-refractivity contribution is -0.134. The number of nitrogens with two attached hydrogens (primary N) is 1. The van der Waals surface area contributed by atoms with Gasteiger partial charge in [-0.1, -0.05) is 30.3 Å². The Hall–Kier alpha value is -1.35. The highest BCUT2D eigenvalue weighted by Crippen LogP contribution is 2.48. The van der Waals surface area contributed by atoms with E-state index in [2.05, 4.69) is 24.3 Å². The first-order chi connectivity index (χ1) is 9.66. The molecule has 3 heteroatoms. The summed E-state index contributed by atoms with van der Waals surface area (Å²) < 4.78 is 0. The third kappa shape index (κ3) is 2.73. The van der Waals surface area contributed by atoms with Gasteiger partial charge >= 0.3 is 0 Å². The quantitative estimate of drug-likeness (QED) is 0.919. The molecule has 0 bridgehead atoms. The van der Waals surface area contributed by atoms with Gasteiger partial charge in [-0.25, -0.2) is 0 Å². The minimum absolute atomic E-state index is 0.206. The molecule has 2 N–H and O–H groups in total. The van der Waals surface area contributed by atoms with E-state index in [4.69, 9.17) is 5.73 Å². The van der Waals surface area contributed by atoms with Crippen molar-refractivity contribution in [2.24, 2.45) is 11.7 Å². The predicted octanol–water partition coefficient (Wildman–Crippen LogP) is 2.52. The van der Waals surface area contributed by atoms with Gasteiger partial charge in [-0.3, -0.25) is 4.79 Å². The zero-order chi connectivity index (χ0) is 14.1. The summed E-state index contributed by atoms with van der Waals surface area (Å²) in [5, 5.41) is 0. The van der Waals surface area contributed by atoms with E-state index in [0.717, 1.165) is 32.1 Å².